The number of urea groups is 1. The molecule has 3 aromatic carbocycles. The molecule has 0 spiro atoms. The van der Waals surface area contributed by atoms with Gasteiger partial charge in [-0.05, 0) is 60.9 Å². The lowest BCUT2D eigenvalue weighted by atomic mass is 10.0. The van der Waals surface area contributed by atoms with Gasteiger partial charge in [0.2, 0.25) is 0 Å². The SMILES string of the molecule is Cc1ccc(C2c3cccn3-c3ccccc3CN2C(=O)Nc2cccc(C)c2)cc1. The van der Waals surface area contributed by atoms with E-state index in [0.29, 0.717) is 6.54 Å². The molecule has 5 rings (SSSR count). The Morgan fingerprint density at radius 2 is 1.68 bits per heavy atom. The van der Waals surface area contributed by atoms with Gasteiger partial charge in [0.05, 0.1) is 18.3 Å². The van der Waals surface area contributed by atoms with Crippen molar-refractivity contribution in [3.63, 3.8) is 0 Å². The second-order valence-corrected chi connectivity index (χ2v) is 8.17. The first-order valence-corrected chi connectivity index (χ1v) is 10.6. The van der Waals surface area contributed by atoms with Crippen LogP contribution in [0.3, 0.4) is 0 Å². The smallest absolute Gasteiger partial charge is 0.318 e. The minimum Gasteiger partial charge on any atom is -0.318 e. The van der Waals surface area contributed by atoms with Crippen molar-refractivity contribution < 1.29 is 4.79 Å². The fraction of sp³-hybridized carbons (Fsp3) is 0.148. The number of hydrogen-bond acceptors (Lipinski definition) is 1. The zero-order chi connectivity index (χ0) is 21.4. The molecule has 1 unspecified atom stereocenters. The van der Waals surface area contributed by atoms with Gasteiger partial charge >= 0.3 is 6.03 Å². The van der Waals surface area contributed by atoms with Crippen LogP contribution >= 0.6 is 0 Å². The molecule has 154 valence electrons. The van der Waals surface area contributed by atoms with E-state index in [2.05, 4.69) is 71.5 Å². The quantitative estimate of drug-likeness (QED) is 0.420. The van der Waals surface area contributed by atoms with Gasteiger partial charge in [0.25, 0.3) is 0 Å². The van der Waals surface area contributed by atoms with E-state index in [1.54, 1.807) is 0 Å². The summed E-state index contributed by atoms with van der Waals surface area (Å²) < 4.78 is 2.21. The Labute approximate surface area is 182 Å². The Morgan fingerprint density at radius 3 is 2.48 bits per heavy atom. The number of benzene rings is 3. The molecule has 0 radical (unpaired) electrons. The van der Waals surface area contributed by atoms with E-state index in [-0.39, 0.29) is 12.1 Å². The first-order chi connectivity index (χ1) is 15.1. The molecule has 1 atom stereocenters. The number of carbonyl (C=O) groups is 1. The van der Waals surface area contributed by atoms with Crippen molar-refractivity contribution in [1.82, 2.24) is 9.47 Å². The molecule has 0 fully saturated rings. The minimum absolute atomic E-state index is 0.111. The highest BCUT2D eigenvalue weighted by molar-refractivity contribution is 5.90. The number of amides is 2. The third kappa shape index (κ3) is 3.61. The number of nitrogens with one attached hydrogen (secondary N) is 1. The van der Waals surface area contributed by atoms with Crippen molar-refractivity contribution >= 4 is 11.7 Å². The van der Waals surface area contributed by atoms with E-state index in [1.807, 2.05) is 48.2 Å². The van der Waals surface area contributed by atoms with Crippen LogP contribution in [0, 0.1) is 13.8 Å². The summed E-state index contributed by atoms with van der Waals surface area (Å²) in [6, 6.07) is 28.5. The number of para-hydroxylation sites is 1. The number of anilines is 1. The second-order valence-electron chi connectivity index (χ2n) is 8.17. The molecular formula is C27H25N3O. The molecule has 2 heterocycles. The van der Waals surface area contributed by atoms with Gasteiger partial charge in [0.1, 0.15) is 0 Å². The Kier molecular flexibility index (Phi) is 4.83. The number of nitrogens with zero attached hydrogens (tertiary/aromatic N) is 2. The van der Waals surface area contributed by atoms with Gasteiger partial charge in [-0.15, -0.1) is 0 Å². The number of aryl methyl sites for hydroxylation is 2. The lowest BCUT2D eigenvalue weighted by Gasteiger charge is -2.31. The van der Waals surface area contributed by atoms with Crippen LogP contribution in [0.2, 0.25) is 0 Å². The monoisotopic (exact) mass is 407 g/mol. The van der Waals surface area contributed by atoms with Gasteiger partial charge in [0, 0.05) is 17.6 Å². The maximum Gasteiger partial charge on any atom is 0.322 e. The van der Waals surface area contributed by atoms with Crippen molar-refractivity contribution in [2.75, 3.05) is 5.32 Å². The summed E-state index contributed by atoms with van der Waals surface area (Å²) in [5, 5.41) is 3.12. The third-order valence-corrected chi connectivity index (χ3v) is 5.89. The van der Waals surface area contributed by atoms with Crippen LogP contribution in [0.1, 0.15) is 34.0 Å². The first kappa shape index (κ1) is 19.2. The summed E-state index contributed by atoms with van der Waals surface area (Å²) in [4.78, 5) is 15.6. The molecular weight excluding hydrogens is 382 g/mol. The number of fused-ring (bicyclic) bond motifs is 3. The molecule has 0 saturated carbocycles. The van der Waals surface area contributed by atoms with Gasteiger partial charge in [-0.2, -0.15) is 0 Å². The average molecular weight is 408 g/mol. The van der Waals surface area contributed by atoms with Crippen LogP contribution in [-0.2, 0) is 6.54 Å². The van der Waals surface area contributed by atoms with E-state index in [4.69, 9.17) is 0 Å². The van der Waals surface area contributed by atoms with Crippen LogP contribution in [0.25, 0.3) is 5.69 Å². The van der Waals surface area contributed by atoms with E-state index in [9.17, 15) is 4.79 Å². The van der Waals surface area contributed by atoms with E-state index in [1.165, 1.54) is 5.56 Å². The predicted octanol–water partition coefficient (Wildman–Crippen LogP) is 6.23. The lowest BCUT2D eigenvalue weighted by molar-refractivity contribution is 0.194. The van der Waals surface area contributed by atoms with Crippen molar-refractivity contribution in [2.45, 2.75) is 26.4 Å². The van der Waals surface area contributed by atoms with Crippen LogP contribution in [0.5, 0.6) is 0 Å². The second kappa shape index (κ2) is 7.80. The molecule has 4 nitrogen and oxygen atoms in total. The Bertz CT molecular complexity index is 1240. The lowest BCUT2D eigenvalue weighted by Crippen LogP contribution is -2.37. The molecule has 1 aliphatic rings. The molecule has 2 amide bonds. The summed E-state index contributed by atoms with van der Waals surface area (Å²) in [6.07, 6.45) is 2.08. The highest BCUT2D eigenvalue weighted by Crippen LogP contribution is 2.37. The predicted molar refractivity (Wildman–Crippen MR) is 125 cm³/mol. The third-order valence-electron chi connectivity index (χ3n) is 5.89. The Morgan fingerprint density at radius 1 is 0.871 bits per heavy atom. The van der Waals surface area contributed by atoms with Crippen molar-refractivity contribution in [1.29, 1.82) is 0 Å². The summed E-state index contributed by atoms with van der Waals surface area (Å²) in [7, 11) is 0. The van der Waals surface area contributed by atoms with E-state index in [0.717, 1.165) is 33.8 Å². The number of aromatic nitrogens is 1. The van der Waals surface area contributed by atoms with Gasteiger partial charge in [-0.3, -0.25) is 0 Å². The van der Waals surface area contributed by atoms with Gasteiger partial charge in [0.15, 0.2) is 0 Å². The summed E-state index contributed by atoms with van der Waals surface area (Å²) >= 11 is 0. The summed E-state index contributed by atoms with van der Waals surface area (Å²) in [5.74, 6) is 0. The molecule has 0 aliphatic carbocycles. The first-order valence-electron chi connectivity index (χ1n) is 10.6. The molecule has 4 heteroatoms. The zero-order valence-corrected chi connectivity index (χ0v) is 17.7. The fourth-order valence-corrected chi connectivity index (χ4v) is 4.36. The Balaban J connectivity index is 1.63. The minimum atomic E-state index is -0.201. The highest BCUT2D eigenvalue weighted by Gasteiger charge is 2.32. The fourth-order valence-electron chi connectivity index (χ4n) is 4.36. The topological polar surface area (TPSA) is 37.3 Å². The molecule has 0 bridgehead atoms. The molecule has 1 aromatic heterocycles. The van der Waals surface area contributed by atoms with Gasteiger partial charge in [-0.1, -0.05) is 60.2 Å². The Hall–Kier alpha value is -3.79. The standard InChI is InChI=1S/C27H25N3O/c1-19-12-14-21(15-13-19)26-25-11-6-16-29(25)24-10-4-3-8-22(24)18-30(26)27(31)28-23-9-5-7-20(2)17-23/h3-17,26H,18H2,1-2H3,(H,28,31). The van der Waals surface area contributed by atoms with E-state index < -0.39 is 0 Å². The van der Waals surface area contributed by atoms with Crippen LogP contribution in [-0.4, -0.2) is 15.5 Å². The van der Waals surface area contributed by atoms with Crippen molar-refractivity contribution in [2.24, 2.45) is 0 Å². The maximum absolute atomic E-state index is 13.6. The van der Waals surface area contributed by atoms with Crippen LogP contribution < -0.4 is 5.32 Å². The summed E-state index contributed by atoms with van der Waals surface area (Å²) in [5.41, 5.74) is 7.53. The normalized spacial score (nSPS) is 15.0. The number of hydrogen-bond donors (Lipinski definition) is 1. The van der Waals surface area contributed by atoms with Gasteiger partial charge < -0.3 is 14.8 Å². The van der Waals surface area contributed by atoms with Crippen molar-refractivity contribution in [3.05, 3.63) is 119 Å². The van der Waals surface area contributed by atoms with Crippen molar-refractivity contribution in [3.8, 4) is 5.69 Å². The highest BCUT2D eigenvalue weighted by atomic mass is 16.2. The maximum atomic E-state index is 13.6. The van der Waals surface area contributed by atoms with E-state index >= 15 is 0 Å². The zero-order valence-electron chi connectivity index (χ0n) is 17.7. The van der Waals surface area contributed by atoms with Gasteiger partial charge in [-0.25, -0.2) is 4.79 Å². The molecule has 0 saturated heterocycles. The molecule has 4 aromatic rings. The largest absolute Gasteiger partial charge is 0.322 e. The molecule has 31 heavy (non-hydrogen) atoms. The van der Waals surface area contributed by atoms with Crippen LogP contribution in [0.4, 0.5) is 10.5 Å². The number of rotatable bonds is 2. The average Bonchev–Trinajstić information content (AvgIpc) is 3.19. The summed E-state index contributed by atoms with van der Waals surface area (Å²) in [6.45, 7) is 4.63. The number of carbonyl (C=O) groups excluding carboxylic acids is 1. The van der Waals surface area contributed by atoms with Crippen LogP contribution in [0.15, 0.2) is 91.1 Å². The molecule has 1 N–H and O–H groups in total. The molecule has 1 aliphatic heterocycles.